The maximum absolute atomic E-state index is 13.0. The van der Waals surface area contributed by atoms with Crippen molar-refractivity contribution in [1.29, 1.82) is 0 Å². The second-order valence-electron chi connectivity index (χ2n) is 6.45. The van der Waals surface area contributed by atoms with E-state index in [1.165, 1.54) is 20.4 Å². The standard InChI is InChI=1S/C18H16ClF2N5O4S/c1-29-16-10(5-13(20)21)17(30-2)25-18(24-16)26-31(27,28)12-7-23-15-9(12)4-3-8-11(19)6-22-14(8)15/h3-4,6-7,13,22-23H,5H2,1-2H3,(H,24,25,26). The fourth-order valence-corrected chi connectivity index (χ4v) is 4.62. The number of sulfonamides is 1. The number of aromatic nitrogens is 4. The third-order valence-electron chi connectivity index (χ3n) is 4.61. The number of ether oxygens (including phenoxy) is 2. The summed E-state index contributed by atoms with van der Waals surface area (Å²) in [6.07, 6.45) is -0.484. The number of alkyl halides is 2. The van der Waals surface area contributed by atoms with E-state index in [1.807, 2.05) is 0 Å². The van der Waals surface area contributed by atoms with Crippen LogP contribution >= 0.6 is 11.6 Å². The van der Waals surface area contributed by atoms with Crippen molar-refractivity contribution in [2.24, 2.45) is 0 Å². The second kappa shape index (κ2) is 7.85. The predicted octanol–water partition coefficient (Wildman–Crippen LogP) is 3.72. The second-order valence-corrected chi connectivity index (χ2v) is 8.50. The fourth-order valence-electron chi connectivity index (χ4n) is 3.29. The topological polar surface area (TPSA) is 122 Å². The van der Waals surface area contributed by atoms with Gasteiger partial charge in [0.15, 0.2) is 0 Å². The van der Waals surface area contributed by atoms with Crippen molar-refractivity contribution in [3.8, 4) is 11.8 Å². The van der Waals surface area contributed by atoms with Crippen LogP contribution in [0.4, 0.5) is 14.7 Å². The number of hydrogen-bond donors (Lipinski definition) is 3. The normalized spacial score (nSPS) is 12.1. The molecule has 31 heavy (non-hydrogen) atoms. The molecule has 1 aromatic carbocycles. The van der Waals surface area contributed by atoms with Crippen LogP contribution in [-0.2, 0) is 16.4 Å². The van der Waals surface area contributed by atoms with Crippen LogP contribution in [0.2, 0.25) is 5.02 Å². The summed E-state index contributed by atoms with van der Waals surface area (Å²) < 4.78 is 64.1. The van der Waals surface area contributed by atoms with Gasteiger partial charge in [0.25, 0.3) is 10.0 Å². The van der Waals surface area contributed by atoms with Gasteiger partial charge in [0.1, 0.15) is 4.90 Å². The monoisotopic (exact) mass is 471 g/mol. The molecular weight excluding hydrogens is 456 g/mol. The number of H-pyrrole nitrogens is 2. The van der Waals surface area contributed by atoms with Crippen molar-refractivity contribution in [3.63, 3.8) is 0 Å². The number of anilines is 1. The van der Waals surface area contributed by atoms with E-state index in [4.69, 9.17) is 21.1 Å². The highest BCUT2D eigenvalue weighted by molar-refractivity contribution is 7.93. The molecule has 3 N–H and O–H groups in total. The van der Waals surface area contributed by atoms with Crippen LogP contribution in [0.25, 0.3) is 21.8 Å². The Morgan fingerprint density at radius 1 is 1.06 bits per heavy atom. The Morgan fingerprint density at radius 3 is 2.26 bits per heavy atom. The summed E-state index contributed by atoms with van der Waals surface area (Å²) in [6, 6.07) is 3.32. The average Bonchev–Trinajstić information content (AvgIpc) is 3.32. The van der Waals surface area contributed by atoms with E-state index < -0.39 is 22.9 Å². The smallest absolute Gasteiger partial charge is 0.266 e. The average molecular weight is 472 g/mol. The van der Waals surface area contributed by atoms with Gasteiger partial charge in [-0.3, -0.25) is 0 Å². The van der Waals surface area contributed by atoms with E-state index in [1.54, 1.807) is 18.3 Å². The lowest BCUT2D eigenvalue weighted by atomic mass is 10.2. The van der Waals surface area contributed by atoms with Crippen molar-refractivity contribution < 1.29 is 26.7 Å². The van der Waals surface area contributed by atoms with E-state index in [0.717, 1.165) is 5.39 Å². The third-order valence-corrected chi connectivity index (χ3v) is 6.29. The number of fused-ring (bicyclic) bond motifs is 3. The van der Waals surface area contributed by atoms with Crippen LogP contribution in [0, 0.1) is 0 Å². The first-order valence-corrected chi connectivity index (χ1v) is 10.7. The number of benzene rings is 1. The molecule has 13 heteroatoms. The van der Waals surface area contributed by atoms with Gasteiger partial charge in [-0.05, 0) is 0 Å². The van der Waals surface area contributed by atoms with E-state index in [0.29, 0.717) is 21.4 Å². The summed E-state index contributed by atoms with van der Waals surface area (Å²) in [7, 11) is -1.71. The van der Waals surface area contributed by atoms with Crippen LogP contribution < -0.4 is 14.2 Å². The molecule has 9 nitrogen and oxygen atoms in total. The lowest BCUT2D eigenvalue weighted by Crippen LogP contribution is -2.16. The molecule has 0 amide bonds. The summed E-state index contributed by atoms with van der Waals surface area (Å²) in [6.45, 7) is 0. The van der Waals surface area contributed by atoms with E-state index in [9.17, 15) is 17.2 Å². The van der Waals surface area contributed by atoms with Crippen LogP contribution in [-0.4, -0.2) is 49.0 Å². The molecular formula is C18H16ClF2N5O4S. The number of aromatic amines is 2. The molecule has 0 bridgehead atoms. The highest BCUT2D eigenvalue weighted by Gasteiger charge is 2.25. The first-order valence-electron chi connectivity index (χ1n) is 8.81. The van der Waals surface area contributed by atoms with Gasteiger partial charge in [0, 0.05) is 29.6 Å². The summed E-state index contributed by atoms with van der Waals surface area (Å²) in [5, 5.41) is 1.65. The molecule has 0 fully saturated rings. The van der Waals surface area contributed by atoms with Gasteiger partial charge in [-0.1, -0.05) is 23.7 Å². The molecule has 0 saturated carbocycles. The Bertz CT molecular complexity index is 1360. The van der Waals surface area contributed by atoms with Gasteiger partial charge < -0.3 is 19.4 Å². The summed E-state index contributed by atoms with van der Waals surface area (Å²) >= 11 is 6.12. The van der Waals surface area contributed by atoms with Gasteiger partial charge in [-0.2, -0.15) is 9.97 Å². The van der Waals surface area contributed by atoms with Crippen LogP contribution in [0.15, 0.2) is 29.4 Å². The molecule has 0 aliphatic carbocycles. The Labute approximate surface area is 179 Å². The van der Waals surface area contributed by atoms with Gasteiger partial charge in [-0.15, -0.1) is 0 Å². The van der Waals surface area contributed by atoms with Crippen LogP contribution in [0.5, 0.6) is 11.8 Å². The van der Waals surface area contributed by atoms with Crippen LogP contribution in [0.1, 0.15) is 5.56 Å². The number of methoxy groups -OCH3 is 2. The van der Waals surface area contributed by atoms with Crippen molar-refractivity contribution in [2.75, 3.05) is 18.9 Å². The van der Waals surface area contributed by atoms with Crippen LogP contribution in [0.3, 0.4) is 0 Å². The number of rotatable bonds is 7. The Kier molecular flexibility index (Phi) is 5.35. The minimum Gasteiger partial charge on any atom is -0.481 e. The molecule has 3 aromatic heterocycles. The summed E-state index contributed by atoms with van der Waals surface area (Å²) in [5.74, 6) is -0.817. The van der Waals surface area contributed by atoms with Crippen molar-refractivity contribution in [3.05, 3.63) is 35.1 Å². The largest absolute Gasteiger partial charge is 0.481 e. The van der Waals surface area contributed by atoms with Gasteiger partial charge in [0.2, 0.25) is 24.1 Å². The molecule has 0 radical (unpaired) electrons. The first-order chi connectivity index (χ1) is 14.7. The van der Waals surface area contributed by atoms with Gasteiger partial charge in [0.05, 0.1) is 35.8 Å². The summed E-state index contributed by atoms with van der Waals surface area (Å²) in [4.78, 5) is 13.7. The predicted molar refractivity (Wildman–Crippen MR) is 111 cm³/mol. The van der Waals surface area contributed by atoms with E-state index in [-0.39, 0.29) is 28.2 Å². The zero-order valence-corrected chi connectivity index (χ0v) is 17.7. The fraction of sp³-hybridized carbons (Fsp3) is 0.222. The zero-order valence-electron chi connectivity index (χ0n) is 16.2. The SMILES string of the molecule is COc1nc(NS(=O)(=O)c2c[nH]c3c2ccc2c(Cl)c[nH]c23)nc(OC)c1CC(F)F. The molecule has 0 aliphatic rings. The Hall–Kier alpha value is -3.12. The van der Waals surface area contributed by atoms with Crippen molar-refractivity contribution in [1.82, 2.24) is 19.9 Å². The van der Waals surface area contributed by atoms with Gasteiger partial charge >= 0.3 is 0 Å². The minimum atomic E-state index is -4.16. The minimum absolute atomic E-state index is 0.0617. The molecule has 0 aliphatic heterocycles. The molecule has 0 atom stereocenters. The molecule has 164 valence electrons. The van der Waals surface area contributed by atoms with E-state index >= 15 is 0 Å². The lowest BCUT2D eigenvalue weighted by molar-refractivity contribution is 0.146. The number of nitrogens with one attached hydrogen (secondary N) is 3. The quantitative estimate of drug-likeness (QED) is 0.377. The Morgan fingerprint density at radius 2 is 1.65 bits per heavy atom. The highest BCUT2D eigenvalue weighted by Crippen LogP contribution is 2.34. The zero-order chi connectivity index (χ0) is 22.3. The van der Waals surface area contributed by atoms with Crippen molar-refractivity contribution >= 4 is 49.4 Å². The molecule has 4 aromatic rings. The maximum atomic E-state index is 13.0. The molecule has 0 saturated heterocycles. The third kappa shape index (κ3) is 3.72. The Balaban J connectivity index is 1.76. The van der Waals surface area contributed by atoms with Gasteiger partial charge in [-0.25, -0.2) is 21.9 Å². The highest BCUT2D eigenvalue weighted by atomic mass is 35.5. The molecule has 4 rings (SSSR count). The van der Waals surface area contributed by atoms with Crippen molar-refractivity contribution in [2.45, 2.75) is 17.7 Å². The summed E-state index contributed by atoms with van der Waals surface area (Å²) in [5.41, 5.74) is 1.13. The van der Waals surface area contributed by atoms with E-state index in [2.05, 4.69) is 24.7 Å². The number of hydrogen-bond acceptors (Lipinski definition) is 6. The number of halogens is 3. The maximum Gasteiger partial charge on any atom is 0.266 e. The number of nitrogens with zero attached hydrogens (tertiary/aromatic N) is 2. The lowest BCUT2D eigenvalue weighted by Gasteiger charge is -2.13. The molecule has 0 unspecified atom stereocenters. The molecule has 3 heterocycles. The first kappa shape index (κ1) is 21.1. The molecule has 0 spiro atoms.